The minimum Gasteiger partial charge on any atom is -0.375 e. The minimum atomic E-state index is 0.550. The van der Waals surface area contributed by atoms with Crippen LogP contribution < -0.4 is 10.5 Å². The lowest BCUT2D eigenvalue weighted by molar-refractivity contribution is 1.38. The molecule has 0 radical (unpaired) electrons. The van der Waals surface area contributed by atoms with Crippen LogP contribution in [0.1, 0.15) is 5.56 Å². The molecule has 3 aromatic rings. The van der Waals surface area contributed by atoms with Gasteiger partial charge in [0.05, 0.1) is 23.0 Å². The van der Waals surface area contributed by atoms with Crippen molar-refractivity contribution in [1.29, 1.82) is 5.26 Å². The van der Waals surface area contributed by atoms with Gasteiger partial charge in [-0.1, -0.05) is 23.5 Å². The lowest BCUT2D eigenvalue weighted by Crippen LogP contribution is -1.86. The first-order valence-corrected chi connectivity index (χ1v) is 7.05. The highest BCUT2D eigenvalue weighted by Crippen LogP contribution is 2.31. The van der Waals surface area contributed by atoms with Crippen molar-refractivity contribution in [3.8, 4) is 6.07 Å². The van der Waals surface area contributed by atoms with Crippen molar-refractivity contribution in [2.75, 3.05) is 10.5 Å². The van der Waals surface area contributed by atoms with Crippen LogP contribution in [0.2, 0.25) is 0 Å². The Morgan fingerprint density at radius 2 is 2.37 bits per heavy atom. The third kappa shape index (κ3) is 2.23. The summed E-state index contributed by atoms with van der Waals surface area (Å²) in [4.78, 5) is 7.11. The van der Waals surface area contributed by atoms with E-state index in [1.54, 1.807) is 12.4 Å². The molecule has 0 aliphatic heterocycles. The first-order valence-electron chi connectivity index (χ1n) is 5.42. The van der Waals surface area contributed by atoms with Gasteiger partial charge in [-0.2, -0.15) is 5.26 Å². The summed E-state index contributed by atoms with van der Waals surface area (Å²) in [6, 6.07) is 7.96. The highest BCUT2D eigenvalue weighted by molar-refractivity contribution is 8.02. The number of nitrogens with zero attached hydrogens (tertiary/aromatic N) is 2. The Morgan fingerprint density at radius 1 is 1.47 bits per heavy atom. The van der Waals surface area contributed by atoms with Crippen LogP contribution in [0.25, 0.3) is 10.9 Å². The topological polar surface area (TPSA) is 90.5 Å². The molecule has 0 spiro atoms. The van der Waals surface area contributed by atoms with E-state index in [1.165, 1.54) is 23.3 Å². The molecule has 0 saturated heterocycles. The maximum absolute atomic E-state index is 9.01. The molecule has 3 rings (SSSR count). The second-order valence-corrected chi connectivity index (χ2v) is 5.93. The van der Waals surface area contributed by atoms with Crippen LogP contribution in [0, 0.1) is 11.3 Å². The molecule has 19 heavy (non-hydrogen) atoms. The van der Waals surface area contributed by atoms with Crippen LogP contribution in [0.15, 0.2) is 34.8 Å². The van der Waals surface area contributed by atoms with Gasteiger partial charge in [0.2, 0.25) is 0 Å². The average Bonchev–Trinajstić information content (AvgIpc) is 3.02. The molecule has 0 amide bonds. The predicted molar refractivity (Wildman–Crippen MR) is 79.0 cm³/mol. The van der Waals surface area contributed by atoms with Crippen molar-refractivity contribution in [2.45, 2.75) is 4.21 Å². The van der Waals surface area contributed by atoms with Gasteiger partial charge in [0.25, 0.3) is 0 Å². The number of fused-ring (bicyclic) bond motifs is 1. The van der Waals surface area contributed by atoms with Crippen molar-refractivity contribution < 1.29 is 0 Å². The van der Waals surface area contributed by atoms with Crippen molar-refractivity contribution in [3.63, 3.8) is 0 Å². The highest BCUT2D eigenvalue weighted by Gasteiger charge is 2.07. The van der Waals surface area contributed by atoms with Crippen molar-refractivity contribution >= 4 is 45.0 Å². The van der Waals surface area contributed by atoms with Gasteiger partial charge in [-0.25, -0.2) is 4.98 Å². The average molecular weight is 287 g/mol. The molecule has 0 bridgehead atoms. The van der Waals surface area contributed by atoms with Crippen LogP contribution >= 0.6 is 23.3 Å². The molecule has 0 saturated carbocycles. The monoisotopic (exact) mass is 287 g/mol. The van der Waals surface area contributed by atoms with E-state index in [0.717, 1.165) is 20.8 Å². The number of anilines is 2. The number of thiazole rings is 1. The zero-order valence-electron chi connectivity index (χ0n) is 9.68. The fraction of sp³-hybridized carbons (Fsp3) is 0. The fourth-order valence-electron chi connectivity index (χ4n) is 1.76. The summed E-state index contributed by atoms with van der Waals surface area (Å²) in [5, 5.41) is 10.5. The third-order valence-corrected chi connectivity index (χ3v) is 4.35. The summed E-state index contributed by atoms with van der Waals surface area (Å²) in [5.74, 6) is 0. The number of nitrogen functional groups attached to an aromatic ring is 1. The summed E-state index contributed by atoms with van der Waals surface area (Å²) in [7, 11) is 0. The Labute approximate surface area is 117 Å². The largest absolute Gasteiger partial charge is 0.375 e. The summed E-state index contributed by atoms with van der Waals surface area (Å²) in [5.41, 5.74) is 8.07. The number of benzene rings is 1. The van der Waals surface area contributed by atoms with Gasteiger partial charge in [0.1, 0.15) is 10.3 Å². The molecule has 4 N–H and O–H groups in total. The highest BCUT2D eigenvalue weighted by atomic mass is 32.2. The van der Waals surface area contributed by atoms with Crippen molar-refractivity contribution in [2.24, 2.45) is 0 Å². The van der Waals surface area contributed by atoms with Crippen LogP contribution in [0.3, 0.4) is 0 Å². The van der Waals surface area contributed by atoms with Crippen LogP contribution in [0.4, 0.5) is 10.8 Å². The van der Waals surface area contributed by atoms with Crippen molar-refractivity contribution in [1.82, 2.24) is 9.97 Å². The van der Waals surface area contributed by atoms with Gasteiger partial charge in [-0.15, -0.1) is 0 Å². The first-order chi connectivity index (χ1) is 9.28. The van der Waals surface area contributed by atoms with E-state index in [0.29, 0.717) is 10.7 Å². The van der Waals surface area contributed by atoms with E-state index >= 15 is 0 Å². The Kier molecular flexibility index (Phi) is 3.03. The van der Waals surface area contributed by atoms with Gasteiger partial charge in [0.15, 0.2) is 5.13 Å². The zero-order chi connectivity index (χ0) is 13.2. The Bertz CT molecular complexity index is 768. The third-order valence-electron chi connectivity index (χ3n) is 2.60. The lowest BCUT2D eigenvalue weighted by Gasteiger charge is -2.04. The standard InChI is InChI=1S/C12H9N5S2/c13-4-7-5-15-11-8(7)2-1-3-9(11)17-19-10-6-16-12(14)18-10/h1-3,5-6,15,17H,(H2,14,16). The summed E-state index contributed by atoms with van der Waals surface area (Å²) in [6.07, 6.45) is 3.44. The molecule has 0 aliphatic rings. The number of rotatable bonds is 3. The lowest BCUT2D eigenvalue weighted by atomic mass is 10.2. The molecular formula is C12H9N5S2. The SMILES string of the molecule is N#Cc1c[nH]c2c(NSc3cnc(N)s3)cccc12. The quantitative estimate of drug-likeness (QED) is 0.643. The van der Waals surface area contributed by atoms with E-state index in [-0.39, 0.29) is 0 Å². The number of aromatic amines is 1. The van der Waals surface area contributed by atoms with E-state index in [9.17, 15) is 0 Å². The van der Waals surface area contributed by atoms with Crippen LogP contribution in [-0.2, 0) is 0 Å². The predicted octanol–water partition coefficient (Wildman–Crippen LogP) is 3.20. The molecule has 94 valence electrons. The normalized spacial score (nSPS) is 10.5. The number of nitriles is 1. The summed E-state index contributed by atoms with van der Waals surface area (Å²) >= 11 is 2.88. The fourth-order valence-corrected chi connectivity index (χ4v) is 3.21. The molecule has 0 unspecified atom stereocenters. The molecule has 0 aliphatic carbocycles. The smallest absolute Gasteiger partial charge is 0.181 e. The number of hydrogen-bond acceptors (Lipinski definition) is 6. The Hall–Kier alpha value is -2.17. The van der Waals surface area contributed by atoms with Gasteiger partial charge in [-0.3, -0.25) is 0 Å². The van der Waals surface area contributed by atoms with Gasteiger partial charge < -0.3 is 15.4 Å². The van der Waals surface area contributed by atoms with E-state index in [2.05, 4.69) is 20.8 Å². The molecule has 5 nitrogen and oxygen atoms in total. The van der Waals surface area contributed by atoms with Gasteiger partial charge in [0, 0.05) is 11.6 Å². The van der Waals surface area contributed by atoms with Gasteiger partial charge in [-0.05, 0) is 18.0 Å². The summed E-state index contributed by atoms with van der Waals surface area (Å²) < 4.78 is 4.23. The Balaban J connectivity index is 1.89. The molecule has 2 aromatic heterocycles. The second kappa shape index (κ2) is 4.84. The molecular weight excluding hydrogens is 278 g/mol. The van der Waals surface area contributed by atoms with E-state index in [4.69, 9.17) is 11.0 Å². The zero-order valence-corrected chi connectivity index (χ0v) is 11.3. The maximum atomic E-state index is 9.01. The number of aromatic nitrogens is 2. The minimum absolute atomic E-state index is 0.550. The number of nitrogens with two attached hydrogens (primary N) is 1. The Morgan fingerprint density at radius 3 is 3.11 bits per heavy atom. The molecule has 0 atom stereocenters. The van der Waals surface area contributed by atoms with Gasteiger partial charge >= 0.3 is 0 Å². The number of nitrogens with one attached hydrogen (secondary N) is 2. The molecule has 1 aromatic carbocycles. The summed E-state index contributed by atoms with van der Waals surface area (Å²) in [6.45, 7) is 0. The van der Waals surface area contributed by atoms with E-state index < -0.39 is 0 Å². The number of para-hydroxylation sites is 1. The molecule has 0 fully saturated rings. The van der Waals surface area contributed by atoms with Crippen molar-refractivity contribution in [3.05, 3.63) is 36.2 Å². The second-order valence-electron chi connectivity index (χ2n) is 3.76. The van der Waals surface area contributed by atoms with E-state index in [1.807, 2.05) is 18.2 Å². The molecule has 7 heteroatoms. The molecule has 2 heterocycles. The number of hydrogen-bond donors (Lipinski definition) is 3. The van der Waals surface area contributed by atoms with Crippen LogP contribution in [0.5, 0.6) is 0 Å². The maximum Gasteiger partial charge on any atom is 0.181 e. The number of H-pyrrole nitrogens is 1. The van der Waals surface area contributed by atoms with Crippen LogP contribution in [-0.4, -0.2) is 9.97 Å². The first kappa shape index (κ1) is 11.9.